The summed E-state index contributed by atoms with van der Waals surface area (Å²) in [5, 5.41) is 1.05. The fraction of sp³-hybridized carbons (Fsp3) is 0.211. The maximum absolute atomic E-state index is 13.1. The van der Waals surface area contributed by atoms with Crippen molar-refractivity contribution in [3.8, 4) is 0 Å². The van der Waals surface area contributed by atoms with Gasteiger partial charge in [-0.05, 0) is 29.7 Å². The van der Waals surface area contributed by atoms with Gasteiger partial charge in [-0.15, -0.1) is 11.3 Å². The quantitative estimate of drug-likeness (QED) is 0.485. The van der Waals surface area contributed by atoms with Crippen LogP contribution in [-0.2, 0) is 10.0 Å². The van der Waals surface area contributed by atoms with Crippen molar-refractivity contribution in [3.63, 3.8) is 0 Å². The van der Waals surface area contributed by atoms with Gasteiger partial charge in [-0.3, -0.25) is 4.79 Å². The van der Waals surface area contributed by atoms with Gasteiger partial charge in [-0.2, -0.15) is 13.1 Å². The number of rotatable bonds is 3. The summed E-state index contributed by atoms with van der Waals surface area (Å²) in [6.07, 6.45) is 0. The number of fused-ring (bicyclic) bond motifs is 2. The maximum atomic E-state index is 13.1. The Balaban J connectivity index is 1.34. The molecule has 29 heavy (non-hydrogen) atoms. The third-order valence-electron chi connectivity index (χ3n) is 5.03. The van der Waals surface area contributed by atoms with E-state index in [0.29, 0.717) is 29.0 Å². The number of carbonyl (C=O) groups excluding carboxylic acids is 1. The number of benzene rings is 2. The molecular weight excluding hydrogens is 428 g/mol. The standard InChI is InChI=1S/C19H16N4O3S3/c24-19(16-12-13-4-1-2-6-15(13)27-16)22-8-10-23(11-9-22)29(25,26)17-7-3-5-14-18(17)21-28-20-14/h1-7,12H,8-11H2. The molecule has 0 spiro atoms. The van der Waals surface area contributed by atoms with Crippen LogP contribution in [0.1, 0.15) is 9.67 Å². The molecule has 0 radical (unpaired) electrons. The normalized spacial score (nSPS) is 15.9. The molecule has 0 saturated carbocycles. The van der Waals surface area contributed by atoms with Crippen LogP contribution in [0.2, 0.25) is 0 Å². The van der Waals surface area contributed by atoms with Gasteiger partial charge in [0.1, 0.15) is 15.9 Å². The topological polar surface area (TPSA) is 83.5 Å². The first-order valence-electron chi connectivity index (χ1n) is 9.03. The molecule has 0 aliphatic carbocycles. The van der Waals surface area contributed by atoms with Gasteiger partial charge in [0.15, 0.2) is 0 Å². The molecule has 1 aliphatic rings. The van der Waals surface area contributed by atoms with Gasteiger partial charge in [-0.25, -0.2) is 8.42 Å². The van der Waals surface area contributed by atoms with Gasteiger partial charge >= 0.3 is 0 Å². The van der Waals surface area contributed by atoms with Gasteiger partial charge in [0.05, 0.1) is 16.6 Å². The highest BCUT2D eigenvalue weighted by Crippen LogP contribution is 2.28. The lowest BCUT2D eigenvalue weighted by molar-refractivity contribution is 0.0703. The number of aromatic nitrogens is 2. The van der Waals surface area contributed by atoms with Crippen molar-refractivity contribution < 1.29 is 13.2 Å². The molecule has 3 heterocycles. The molecule has 1 saturated heterocycles. The zero-order chi connectivity index (χ0) is 20.0. The van der Waals surface area contributed by atoms with Crippen LogP contribution < -0.4 is 0 Å². The first-order valence-corrected chi connectivity index (χ1v) is 12.0. The lowest BCUT2D eigenvalue weighted by Crippen LogP contribution is -2.50. The largest absolute Gasteiger partial charge is 0.335 e. The third kappa shape index (κ3) is 3.21. The molecule has 0 bridgehead atoms. The van der Waals surface area contributed by atoms with Gasteiger partial charge in [0.2, 0.25) is 10.0 Å². The number of amides is 1. The van der Waals surface area contributed by atoms with Crippen molar-refractivity contribution >= 4 is 60.1 Å². The molecule has 1 amide bonds. The predicted octanol–water partition coefficient (Wildman–Crippen LogP) is 3.05. The Morgan fingerprint density at radius 1 is 0.966 bits per heavy atom. The molecule has 5 rings (SSSR count). The SMILES string of the molecule is O=C(c1cc2ccccc2s1)N1CCN(S(=O)(=O)c2cccc3nsnc23)CC1. The number of nitrogens with zero attached hydrogens (tertiary/aromatic N) is 4. The summed E-state index contributed by atoms with van der Waals surface area (Å²) in [5.74, 6) is -0.0472. The minimum absolute atomic E-state index is 0.0472. The van der Waals surface area contributed by atoms with E-state index in [1.807, 2.05) is 30.3 Å². The Kier molecular flexibility index (Phi) is 4.58. The van der Waals surface area contributed by atoms with Crippen LogP contribution in [0.4, 0.5) is 0 Å². The second-order valence-corrected chi connectivity index (χ2v) is 10.3. The van der Waals surface area contributed by atoms with Crippen LogP contribution in [0.25, 0.3) is 21.1 Å². The molecule has 0 N–H and O–H groups in total. The molecule has 0 atom stereocenters. The second kappa shape index (κ2) is 7.13. The number of sulfonamides is 1. The minimum Gasteiger partial charge on any atom is -0.335 e. The van der Waals surface area contributed by atoms with Crippen LogP contribution in [-0.4, -0.2) is 58.5 Å². The molecule has 1 aliphatic heterocycles. The van der Waals surface area contributed by atoms with E-state index in [1.54, 1.807) is 23.1 Å². The molecule has 10 heteroatoms. The van der Waals surface area contributed by atoms with E-state index in [9.17, 15) is 13.2 Å². The zero-order valence-corrected chi connectivity index (χ0v) is 17.6. The lowest BCUT2D eigenvalue weighted by atomic mass is 10.2. The van der Waals surface area contributed by atoms with Gasteiger partial charge in [-0.1, -0.05) is 24.3 Å². The monoisotopic (exact) mass is 444 g/mol. The summed E-state index contributed by atoms with van der Waals surface area (Å²) in [4.78, 5) is 15.5. The molecule has 4 aromatic rings. The average Bonchev–Trinajstić information content (AvgIpc) is 3.39. The van der Waals surface area contributed by atoms with E-state index in [4.69, 9.17) is 0 Å². The number of piperazine rings is 1. The molecule has 2 aromatic carbocycles. The van der Waals surface area contributed by atoms with E-state index in [0.717, 1.165) is 21.8 Å². The van der Waals surface area contributed by atoms with E-state index in [-0.39, 0.29) is 23.9 Å². The number of carbonyl (C=O) groups is 1. The fourth-order valence-corrected chi connectivity index (χ4v) is 6.71. The maximum Gasteiger partial charge on any atom is 0.264 e. The summed E-state index contributed by atoms with van der Waals surface area (Å²) >= 11 is 2.47. The molecule has 2 aromatic heterocycles. The van der Waals surface area contributed by atoms with Crippen molar-refractivity contribution in [2.24, 2.45) is 0 Å². The summed E-state index contributed by atoms with van der Waals surface area (Å²) in [6, 6.07) is 14.8. The predicted molar refractivity (Wildman–Crippen MR) is 114 cm³/mol. The highest BCUT2D eigenvalue weighted by atomic mass is 32.2. The first kappa shape index (κ1) is 18.6. The average molecular weight is 445 g/mol. The van der Waals surface area contributed by atoms with E-state index in [2.05, 4.69) is 8.75 Å². The second-order valence-electron chi connectivity index (χ2n) is 6.73. The van der Waals surface area contributed by atoms with Crippen molar-refractivity contribution in [2.45, 2.75) is 4.90 Å². The van der Waals surface area contributed by atoms with Crippen LogP contribution in [0.3, 0.4) is 0 Å². The molecule has 148 valence electrons. The van der Waals surface area contributed by atoms with Gasteiger partial charge in [0.25, 0.3) is 5.91 Å². The number of hydrogen-bond acceptors (Lipinski definition) is 7. The zero-order valence-electron chi connectivity index (χ0n) is 15.2. The Hall–Kier alpha value is -2.40. The Bertz CT molecular complexity index is 1290. The Morgan fingerprint density at radius 3 is 2.55 bits per heavy atom. The van der Waals surface area contributed by atoms with Gasteiger partial charge < -0.3 is 4.90 Å². The van der Waals surface area contributed by atoms with Crippen LogP contribution in [0, 0.1) is 0 Å². The molecule has 7 nitrogen and oxygen atoms in total. The van der Waals surface area contributed by atoms with Crippen LogP contribution >= 0.6 is 23.1 Å². The summed E-state index contributed by atoms with van der Waals surface area (Å²) in [5.41, 5.74) is 0.982. The van der Waals surface area contributed by atoms with Crippen LogP contribution in [0.5, 0.6) is 0 Å². The molecular formula is C19H16N4O3S3. The third-order valence-corrected chi connectivity index (χ3v) is 8.61. The summed E-state index contributed by atoms with van der Waals surface area (Å²) in [6.45, 7) is 1.23. The fourth-order valence-electron chi connectivity index (χ4n) is 3.50. The van der Waals surface area contributed by atoms with Crippen molar-refractivity contribution in [3.05, 3.63) is 53.4 Å². The van der Waals surface area contributed by atoms with Crippen molar-refractivity contribution in [2.75, 3.05) is 26.2 Å². The Labute approximate surface area is 175 Å². The molecule has 1 fully saturated rings. The van der Waals surface area contributed by atoms with Gasteiger partial charge in [0, 0.05) is 30.9 Å². The number of thiophene rings is 1. The lowest BCUT2D eigenvalue weighted by Gasteiger charge is -2.33. The minimum atomic E-state index is -3.69. The summed E-state index contributed by atoms with van der Waals surface area (Å²) in [7, 11) is -3.69. The van der Waals surface area contributed by atoms with Crippen LogP contribution in [0.15, 0.2) is 53.4 Å². The van der Waals surface area contributed by atoms with E-state index < -0.39 is 10.0 Å². The smallest absolute Gasteiger partial charge is 0.264 e. The summed E-state index contributed by atoms with van der Waals surface area (Å²) < 4.78 is 37.0. The molecule has 0 unspecified atom stereocenters. The van der Waals surface area contributed by atoms with E-state index >= 15 is 0 Å². The first-order chi connectivity index (χ1) is 14.0. The van der Waals surface area contributed by atoms with E-state index in [1.165, 1.54) is 15.6 Å². The highest BCUT2D eigenvalue weighted by Gasteiger charge is 2.32. The van der Waals surface area contributed by atoms with Crippen molar-refractivity contribution in [1.82, 2.24) is 18.0 Å². The van der Waals surface area contributed by atoms with Crippen molar-refractivity contribution in [1.29, 1.82) is 0 Å². The number of hydrogen-bond donors (Lipinski definition) is 0. The highest BCUT2D eigenvalue weighted by molar-refractivity contribution is 7.89. The Morgan fingerprint density at radius 2 is 1.76 bits per heavy atom.